The van der Waals surface area contributed by atoms with Gasteiger partial charge in [-0.2, -0.15) is 0 Å². The van der Waals surface area contributed by atoms with Crippen LogP contribution in [0.3, 0.4) is 0 Å². The highest BCUT2D eigenvalue weighted by atomic mass is 16.7. The number of ether oxygens (including phenoxy) is 2. The Morgan fingerprint density at radius 2 is 1.92 bits per heavy atom. The predicted molar refractivity (Wildman–Crippen MR) is 94.2 cm³/mol. The molecule has 0 aromatic carbocycles. The second-order valence-electron chi connectivity index (χ2n) is 7.87. The first kappa shape index (κ1) is 21.2. The van der Waals surface area contributed by atoms with Crippen LogP contribution in [0, 0.1) is 5.41 Å². The highest BCUT2D eigenvalue weighted by Gasteiger charge is 2.44. The molecule has 0 aromatic rings. The summed E-state index contributed by atoms with van der Waals surface area (Å²) in [5.74, 6) is 0.232. The minimum absolute atomic E-state index is 0.232. The van der Waals surface area contributed by atoms with E-state index in [0.717, 1.165) is 11.1 Å². The number of allylic oxidation sites excluding steroid dienone is 3. The van der Waals surface area contributed by atoms with Gasteiger partial charge < -0.3 is 29.9 Å². The summed E-state index contributed by atoms with van der Waals surface area (Å²) >= 11 is 0. The Hall–Kier alpha value is -1.09. The summed E-state index contributed by atoms with van der Waals surface area (Å²) in [5, 5.41) is 38.9. The van der Waals surface area contributed by atoms with Crippen LogP contribution >= 0.6 is 0 Å². The van der Waals surface area contributed by atoms with Gasteiger partial charge in [0.2, 0.25) is 0 Å². The Morgan fingerprint density at radius 3 is 2.50 bits per heavy atom. The Kier molecular flexibility index (Phi) is 6.76. The van der Waals surface area contributed by atoms with Gasteiger partial charge in [0.1, 0.15) is 30.2 Å². The highest BCUT2D eigenvalue weighted by Crippen LogP contribution is 2.39. The van der Waals surface area contributed by atoms with E-state index in [9.17, 15) is 25.2 Å². The van der Waals surface area contributed by atoms with Crippen LogP contribution in [-0.4, -0.2) is 69.6 Å². The molecule has 26 heavy (non-hydrogen) atoms. The van der Waals surface area contributed by atoms with Crippen molar-refractivity contribution in [1.82, 2.24) is 0 Å². The molecule has 4 N–H and O–H groups in total. The summed E-state index contributed by atoms with van der Waals surface area (Å²) in [6, 6.07) is 0. The average molecular weight is 370 g/mol. The Morgan fingerprint density at radius 1 is 1.27 bits per heavy atom. The molecule has 1 heterocycles. The van der Waals surface area contributed by atoms with Gasteiger partial charge in [-0.1, -0.05) is 31.6 Å². The lowest BCUT2D eigenvalue weighted by Gasteiger charge is -2.40. The summed E-state index contributed by atoms with van der Waals surface area (Å²) in [7, 11) is 0. The largest absolute Gasteiger partial charge is 0.394 e. The second-order valence-corrected chi connectivity index (χ2v) is 7.87. The molecule has 0 radical (unpaired) electrons. The molecule has 6 unspecified atom stereocenters. The molecule has 7 heteroatoms. The van der Waals surface area contributed by atoms with Crippen LogP contribution in [0.15, 0.2) is 23.3 Å². The summed E-state index contributed by atoms with van der Waals surface area (Å²) < 4.78 is 11.0. The quantitative estimate of drug-likeness (QED) is 0.555. The monoisotopic (exact) mass is 370 g/mol. The van der Waals surface area contributed by atoms with Crippen LogP contribution in [0.5, 0.6) is 0 Å². The number of hydrogen-bond donors (Lipinski definition) is 4. The minimum Gasteiger partial charge on any atom is -0.394 e. The van der Waals surface area contributed by atoms with Gasteiger partial charge in [-0.15, -0.1) is 0 Å². The van der Waals surface area contributed by atoms with E-state index in [4.69, 9.17) is 9.47 Å². The first-order valence-corrected chi connectivity index (χ1v) is 8.93. The van der Waals surface area contributed by atoms with Crippen molar-refractivity contribution < 1.29 is 34.7 Å². The second kappa shape index (κ2) is 8.29. The van der Waals surface area contributed by atoms with Crippen LogP contribution in [0.1, 0.15) is 40.5 Å². The van der Waals surface area contributed by atoms with Crippen molar-refractivity contribution in [2.45, 2.75) is 77.3 Å². The zero-order valence-electron chi connectivity index (χ0n) is 15.8. The molecular weight excluding hydrogens is 340 g/mol. The lowest BCUT2D eigenvalue weighted by Crippen LogP contribution is -2.59. The lowest BCUT2D eigenvalue weighted by molar-refractivity contribution is -0.306. The van der Waals surface area contributed by atoms with Crippen molar-refractivity contribution in [3.8, 4) is 0 Å². The van der Waals surface area contributed by atoms with Gasteiger partial charge in [0.05, 0.1) is 12.7 Å². The number of aliphatic hydroxyl groups excluding tert-OH is 4. The average Bonchev–Trinajstić information content (AvgIpc) is 2.53. The van der Waals surface area contributed by atoms with Gasteiger partial charge in [-0.3, -0.25) is 4.79 Å². The lowest BCUT2D eigenvalue weighted by atomic mass is 9.72. The summed E-state index contributed by atoms with van der Waals surface area (Å²) in [5.41, 5.74) is 1.86. The van der Waals surface area contributed by atoms with Crippen LogP contribution in [0.4, 0.5) is 0 Å². The number of aliphatic hydroxyl groups is 4. The van der Waals surface area contributed by atoms with Gasteiger partial charge in [0.15, 0.2) is 6.29 Å². The van der Waals surface area contributed by atoms with Crippen molar-refractivity contribution >= 4 is 5.78 Å². The smallest absolute Gasteiger partial charge is 0.187 e. The molecule has 1 aliphatic heterocycles. The molecule has 6 atom stereocenters. The van der Waals surface area contributed by atoms with Gasteiger partial charge >= 0.3 is 0 Å². The van der Waals surface area contributed by atoms with Crippen molar-refractivity contribution in [3.63, 3.8) is 0 Å². The SMILES string of the molecule is CC1=C(C=CC(C)OC2OC(CO)C(O)C(O)C2O)C(C)(C)CC(=O)C1. The molecule has 2 rings (SSSR count). The Balaban J connectivity index is 2.06. The van der Waals surface area contributed by atoms with E-state index < -0.39 is 43.4 Å². The highest BCUT2D eigenvalue weighted by molar-refractivity contribution is 5.84. The molecule has 1 fully saturated rings. The number of hydrogen-bond acceptors (Lipinski definition) is 7. The van der Waals surface area contributed by atoms with Gasteiger partial charge in [-0.25, -0.2) is 0 Å². The number of carbonyl (C=O) groups excluding carboxylic acids is 1. The first-order chi connectivity index (χ1) is 12.1. The topological polar surface area (TPSA) is 116 Å². The first-order valence-electron chi connectivity index (χ1n) is 8.93. The zero-order chi connectivity index (χ0) is 19.6. The maximum Gasteiger partial charge on any atom is 0.187 e. The molecule has 0 aromatic heterocycles. The normalized spacial score (nSPS) is 36.6. The summed E-state index contributed by atoms with van der Waals surface area (Å²) in [6.45, 7) is 7.26. The molecule has 148 valence electrons. The molecule has 0 saturated carbocycles. The number of carbonyl (C=O) groups is 1. The van der Waals surface area contributed by atoms with E-state index in [0.29, 0.717) is 12.8 Å². The van der Waals surface area contributed by atoms with E-state index in [-0.39, 0.29) is 11.2 Å². The van der Waals surface area contributed by atoms with Crippen molar-refractivity contribution in [2.75, 3.05) is 6.61 Å². The molecule has 0 bridgehead atoms. The fourth-order valence-corrected chi connectivity index (χ4v) is 3.66. The Bertz CT molecular complexity index is 578. The molecule has 7 nitrogen and oxygen atoms in total. The molecule has 0 spiro atoms. The van der Waals surface area contributed by atoms with Crippen LogP contribution in [0.25, 0.3) is 0 Å². The predicted octanol–water partition coefficient (Wildman–Crippen LogP) is 0.453. The van der Waals surface area contributed by atoms with Crippen molar-refractivity contribution in [3.05, 3.63) is 23.3 Å². The van der Waals surface area contributed by atoms with E-state index in [1.807, 2.05) is 26.8 Å². The molecular formula is C19H30O7. The number of rotatable bonds is 5. The molecule has 1 aliphatic carbocycles. The van der Waals surface area contributed by atoms with Gasteiger partial charge in [0, 0.05) is 12.8 Å². The third-order valence-electron chi connectivity index (χ3n) is 5.02. The van der Waals surface area contributed by atoms with E-state index in [2.05, 4.69) is 0 Å². The molecule has 2 aliphatic rings. The fraction of sp³-hybridized carbons (Fsp3) is 0.737. The Labute approximate surface area is 153 Å². The molecule has 0 amide bonds. The van der Waals surface area contributed by atoms with Crippen molar-refractivity contribution in [1.29, 1.82) is 0 Å². The fourth-order valence-electron chi connectivity index (χ4n) is 3.66. The van der Waals surface area contributed by atoms with Crippen LogP contribution in [-0.2, 0) is 14.3 Å². The zero-order valence-corrected chi connectivity index (χ0v) is 15.8. The van der Waals surface area contributed by atoms with E-state index in [1.165, 1.54) is 0 Å². The van der Waals surface area contributed by atoms with Crippen molar-refractivity contribution in [2.24, 2.45) is 5.41 Å². The van der Waals surface area contributed by atoms with E-state index in [1.54, 1.807) is 13.0 Å². The van der Waals surface area contributed by atoms with Gasteiger partial charge in [0.25, 0.3) is 0 Å². The maximum absolute atomic E-state index is 11.8. The third-order valence-corrected chi connectivity index (χ3v) is 5.02. The van der Waals surface area contributed by atoms with Crippen LogP contribution < -0.4 is 0 Å². The maximum atomic E-state index is 11.8. The van der Waals surface area contributed by atoms with Crippen LogP contribution in [0.2, 0.25) is 0 Å². The standard InChI is InChI=1S/C19H30O7/c1-10-7-12(21)8-19(3,4)13(10)6-5-11(2)25-18-17(24)16(23)15(22)14(9-20)26-18/h5-6,11,14-18,20,22-24H,7-9H2,1-4H3. The molecule has 1 saturated heterocycles. The van der Waals surface area contributed by atoms with E-state index >= 15 is 0 Å². The summed E-state index contributed by atoms with van der Waals surface area (Å²) in [4.78, 5) is 11.8. The number of Topliss-reactive ketones (excluding diaryl/α,β-unsaturated/α-hetero) is 1. The third kappa shape index (κ3) is 4.60. The minimum atomic E-state index is -1.46. The number of ketones is 1. The van der Waals surface area contributed by atoms with Gasteiger partial charge in [-0.05, 0) is 24.8 Å². The summed E-state index contributed by atoms with van der Waals surface area (Å²) in [6.07, 6.45) is -2.24.